The van der Waals surface area contributed by atoms with Gasteiger partial charge in [-0.15, -0.1) is 0 Å². The van der Waals surface area contributed by atoms with Crippen molar-refractivity contribution >= 4 is 47.3 Å². The van der Waals surface area contributed by atoms with E-state index in [-0.39, 0.29) is 27.1 Å². The van der Waals surface area contributed by atoms with Gasteiger partial charge in [0.05, 0.1) is 15.8 Å². The molecule has 0 bridgehead atoms. The molecule has 0 aromatic heterocycles. The summed E-state index contributed by atoms with van der Waals surface area (Å²) in [6, 6.07) is 22.4. The second-order valence-electron chi connectivity index (χ2n) is 11.9. The number of benzene rings is 4. The lowest BCUT2D eigenvalue weighted by Gasteiger charge is -2.20. The summed E-state index contributed by atoms with van der Waals surface area (Å²) in [5.41, 5.74) is 4.71. The monoisotopic (exact) mass is 765 g/mol. The Morgan fingerprint density at radius 1 is 0.712 bits per heavy atom. The number of hydrogen-bond acceptors (Lipinski definition) is 8. The van der Waals surface area contributed by atoms with Crippen LogP contribution in [0.15, 0.2) is 136 Å². The highest BCUT2D eigenvalue weighted by atomic mass is 32.2. The summed E-state index contributed by atoms with van der Waals surface area (Å²) in [5, 5.41) is 13.5. The Hall–Kier alpha value is -4.90. The molecule has 0 aliphatic heterocycles. The SMILES string of the molecule is CCC(Nc1ccc(C(=C2C=CC(=[N+](CC)Cc3ccc(S(=O)(=O)O)cc3)C=C2)c2ccc(O)cc2S(=O)(=O)O)cc1)c1cccc(S(=O)(=O)O)c1. The molecule has 272 valence electrons. The Kier molecular flexibility index (Phi) is 11.3. The van der Waals surface area contributed by atoms with Crippen molar-refractivity contribution in [3.05, 3.63) is 143 Å². The van der Waals surface area contributed by atoms with E-state index in [1.165, 1.54) is 36.4 Å². The Labute approximate surface area is 303 Å². The zero-order valence-corrected chi connectivity index (χ0v) is 30.5. The highest BCUT2D eigenvalue weighted by molar-refractivity contribution is 7.86. The third-order valence-corrected chi connectivity index (χ3v) is 11.1. The average molecular weight is 766 g/mol. The Morgan fingerprint density at radius 2 is 1.35 bits per heavy atom. The van der Waals surface area contributed by atoms with Gasteiger partial charge >= 0.3 is 0 Å². The van der Waals surface area contributed by atoms with Gasteiger partial charge in [0, 0.05) is 35.0 Å². The molecular formula is C37H37N2O10S3+. The van der Waals surface area contributed by atoms with E-state index in [9.17, 15) is 44.0 Å². The van der Waals surface area contributed by atoms with E-state index in [0.29, 0.717) is 47.5 Å². The predicted molar refractivity (Wildman–Crippen MR) is 197 cm³/mol. The molecule has 5 N–H and O–H groups in total. The fraction of sp³-hybridized carbons (Fsp3) is 0.162. The molecule has 0 spiro atoms. The van der Waals surface area contributed by atoms with Crippen molar-refractivity contribution in [2.75, 3.05) is 11.9 Å². The molecule has 1 atom stereocenters. The second-order valence-corrected chi connectivity index (χ2v) is 16.2. The number of nitrogens with one attached hydrogen (secondary N) is 1. The maximum atomic E-state index is 12.5. The lowest BCUT2D eigenvalue weighted by Crippen LogP contribution is -2.19. The van der Waals surface area contributed by atoms with Crippen LogP contribution in [0.25, 0.3) is 5.57 Å². The van der Waals surface area contributed by atoms with Gasteiger partial charge in [0.2, 0.25) is 0 Å². The number of phenols is 1. The van der Waals surface area contributed by atoms with Gasteiger partial charge in [-0.3, -0.25) is 13.7 Å². The Bertz CT molecular complexity index is 2430. The molecule has 0 fully saturated rings. The molecule has 0 heterocycles. The van der Waals surface area contributed by atoms with Crippen molar-refractivity contribution in [1.82, 2.24) is 0 Å². The quantitative estimate of drug-likeness (QED) is 0.0802. The minimum atomic E-state index is -4.78. The summed E-state index contributed by atoms with van der Waals surface area (Å²) in [4.78, 5) is -0.905. The van der Waals surface area contributed by atoms with E-state index in [1.54, 1.807) is 60.7 Å². The molecule has 12 nitrogen and oxygen atoms in total. The average Bonchev–Trinajstić information content (AvgIpc) is 3.10. The van der Waals surface area contributed by atoms with Gasteiger partial charge in [-0.1, -0.05) is 43.3 Å². The van der Waals surface area contributed by atoms with Crippen molar-refractivity contribution in [3.8, 4) is 5.75 Å². The third-order valence-electron chi connectivity index (χ3n) is 8.49. The lowest BCUT2D eigenvalue weighted by molar-refractivity contribution is -0.539. The van der Waals surface area contributed by atoms with Gasteiger partial charge in [0.1, 0.15) is 17.2 Å². The number of allylic oxidation sites excluding steroid dienone is 5. The molecule has 5 rings (SSSR count). The van der Waals surface area contributed by atoms with E-state index in [4.69, 9.17) is 0 Å². The van der Waals surface area contributed by atoms with Crippen LogP contribution in [0.4, 0.5) is 5.69 Å². The molecule has 15 heteroatoms. The molecule has 1 aliphatic carbocycles. The zero-order valence-electron chi connectivity index (χ0n) is 28.1. The van der Waals surface area contributed by atoms with Crippen molar-refractivity contribution in [1.29, 1.82) is 0 Å². The smallest absolute Gasteiger partial charge is 0.295 e. The first-order valence-corrected chi connectivity index (χ1v) is 20.3. The van der Waals surface area contributed by atoms with E-state index >= 15 is 0 Å². The fourth-order valence-corrected chi connectivity index (χ4v) is 7.60. The summed E-state index contributed by atoms with van der Waals surface area (Å²) in [7, 11) is -13.5. The van der Waals surface area contributed by atoms with Crippen molar-refractivity contribution in [2.45, 2.75) is 47.5 Å². The number of aromatic hydroxyl groups is 1. The van der Waals surface area contributed by atoms with E-state index in [0.717, 1.165) is 17.3 Å². The number of hydrogen-bond donors (Lipinski definition) is 5. The molecule has 0 saturated carbocycles. The van der Waals surface area contributed by atoms with Gasteiger partial charge in [0.25, 0.3) is 30.4 Å². The van der Waals surface area contributed by atoms with Crippen molar-refractivity contribution < 1.29 is 48.6 Å². The van der Waals surface area contributed by atoms with Crippen LogP contribution in [0.5, 0.6) is 5.75 Å². The summed E-state index contributed by atoms with van der Waals surface area (Å²) < 4.78 is 102. The highest BCUT2D eigenvalue weighted by Gasteiger charge is 2.23. The van der Waals surface area contributed by atoms with Crippen LogP contribution >= 0.6 is 0 Å². The van der Waals surface area contributed by atoms with Crippen LogP contribution in [0.1, 0.15) is 48.6 Å². The van der Waals surface area contributed by atoms with E-state index < -0.39 is 35.2 Å². The first-order valence-electron chi connectivity index (χ1n) is 16.0. The van der Waals surface area contributed by atoms with Gasteiger partial charge in [-0.25, -0.2) is 4.58 Å². The normalized spacial score (nSPS) is 13.9. The molecule has 0 amide bonds. The van der Waals surface area contributed by atoms with Crippen LogP contribution in [0.2, 0.25) is 0 Å². The van der Waals surface area contributed by atoms with Gasteiger partial charge < -0.3 is 10.4 Å². The summed E-state index contributed by atoms with van der Waals surface area (Å²) in [6.45, 7) is 4.89. The number of anilines is 1. The maximum Gasteiger partial charge on any atom is 0.295 e. The minimum absolute atomic E-state index is 0.147. The fourth-order valence-electron chi connectivity index (χ4n) is 5.87. The van der Waals surface area contributed by atoms with Crippen LogP contribution < -0.4 is 5.32 Å². The largest absolute Gasteiger partial charge is 0.508 e. The molecule has 4 aromatic rings. The first-order chi connectivity index (χ1) is 24.5. The molecule has 0 saturated heterocycles. The van der Waals surface area contributed by atoms with Crippen molar-refractivity contribution in [2.24, 2.45) is 0 Å². The molecule has 1 unspecified atom stereocenters. The standard InChI is InChI=1S/C37H36N2O10S3/c1-3-35(28-6-5-7-33(22-28)51(44,45)46)38-29-14-10-26(11-15-29)37(34-21-18-31(40)23-36(34)52(47,48)49)27-12-16-30(17-13-27)39(4-2)24-25-8-19-32(20-9-25)50(41,42)43/h5-23,35H,3-4,24H2,1-2H3,(H4,38,40,41,42,43,44,45,46,47,48,49)/p+1. The van der Waals surface area contributed by atoms with Crippen LogP contribution in [-0.4, -0.2) is 60.9 Å². The van der Waals surface area contributed by atoms with Crippen molar-refractivity contribution in [3.63, 3.8) is 0 Å². The van der Waals surface area contributed by atoms with E-state index in [2.05, 4.69) is 5.32 Å². The van der Waals surface area contributed by atoms with Gasteiger partial charge in [0.15, 0.2) is 12.3 Å². The van der Waals surface area contributed by atoms with Crippen LogP contribution in [0.3, 0.4) is 0 Å². The summed E-state index contributed by atoms with van der Waals surface area (Å²) >= 11 is 0. The maximum absolute atomic E-state index is 12.5. The third kappa shape index (κ3) is 9.11. The topological polar surface area (TPSA) is 198 Å². The Morgan fingerprint density at radius 3 is 1.90 bits per heavy atom. The molecular weight excluding hydrogens is 729 g/mol. The number of nitrogens with zero attached hydrogens (tertiary/aromatic N) is 1. The number of rotatable bonds is 12. The van der Waals surface area contributed by atoms with E-state index in [1.807, 2.05) is 30.6 Å². The summed E-state index contributed by atoms with van der Waals surface area (Å²) in [6.07, 6.45) is 7.88. The minimum Gasteiger partial charge on any atom is -0.508 e. The number of phenolic OH excluding ortho intramolecular Hbond substituents is 1. The first kappa shape index (κ1) is 38.3. The van der Waals surface area contributed by atoms with Gasteiger partial charge in [-0.05, 0) is 96.3 Å². The van der Waals surface area contributed by atoms with Crippen LogP contribution in [0, 0.1) is 0 Å². The molecule has 1 aliphatic rings. The predicted octanol–water partition coefficient (Wildman–Crippen LogP) is 6.30. The lowest BCUT2D eigenvalue weighted by atomic mass is 9.90. The summed E-state index contributed by atoms with van der Waals surface area (Å²) in [5.74, 6) is -0.350. The van der Waals surface area contributed by atoms with Crippen LogP contribution in [-0.2, 0) is 36.9 Å². The zero-order chi connectivity index (χ0) is 37.8. The second kappa shape index (κ2) is 15.4. The Balaban J connectivity index is 1.54. The molecule has 0 radical (unpaired) electrons. The van der Waals surface area contributed by atoms with Gasteiger partial charge in [-0.2, -0.15) is 25.3 Å². The molecule has 52 heavy (non-hydrogen) atoms. The highest BCUT2D eigenvalue weighted by Crippen LogP contribution is 2.36. The molecule has 4 aromatic carbocycles.